The van der Waals surface area contributed by atoms with Gasteiger partial charge in [-0.15, -0.1) is 0 Å². The lowest BCUT2D eigenvalue weighted by molar-refractivity contribution is 0.289. The average Bonchev–Trinajstić information content (AvgIpc) is 2.35. The van der Waals surface area contributed by atoms with Crippen LogP contribution in [0.4, 0.5) is 0 Å². The van der Waals surface area contributed by atoms with Crippen molar-refractivity contribution in [2.45, 2.75) is 58.3 Å². The van der Waals surface area contributed by atoms with E-state index in [1.54, 1.807) is 0 Å². The molecule has 0 rings (SSSR count). The molecule has 17 heavy (non-hydrogen) atoms. The number of hydrogen-bond acceptors (Lipinski definition) is 1. The van der Waals surface area contributed by atoms with Crippen LogP contribution in [0.25, 0.3) is 0 Å². The van der Waals surface area contributed by atoms with Gasteiger partial charge in [0.25, 0.3) is 0 Å². The molecular weight excluding hydrogens is 208 g/mol. The fourth-order valence-corrected chi connectivity index (χ4v) is 1.47. The summed E-state index contributed by atoms with van der Waals surface area (Å²) in [6.07, 6.45) is 22.4. The third kappa shape index (κ3) is 15.2. The molecule has 0 unspecified atom stereocenters. The van der Waals surface area contributed by atoms with Crippen LogP contribution in [0.2, 0.25) is 0 Å². The predicted octanol–water partition coefficient (Wildman–Crippen LogP) is 4.79. The largest absolute Gasteiger partial charge is 0.396 e. The molecule has 0 saturated heterocycles. The number of unbranched alkanes of at least 4 members (excludes halogenated alkanes) is 5. The summed E-state index contributed by atoms with van der Waals surface area (Å²) in [5.41, 5.74) is 0. The summed E-state index contributed by atoms with van der Waals surface area (Å²) >= 11 is 0. The van der Waals surface area contributed by atoms with E-state index in [1.807, 2.05) is 0 Å². The maximum atomic E-state index is 8.59. The zero-order valence-electron chi connectivity index (χ0n) is 11.3. The smallest absolute Gasteiger partial charge is 0.0433 e. The normalized spacial score (nSPS) is 12.4. The molecule has 0 aromatic heterocycles. The van der Waals surface area contributed by atoms with E-state index in [0.717, 1.165) is 19.3 Å². The molecule has 0 bridgehead atoms. The first-order valence-corrected chi connectivity index (χ1v) is 6.99. The van der Waals surface area contributed by atoms with Gasteiger partial charge in [0.05, 0.1) is 0 Å². The lowest BCUT2D eigenvalue weighted by Gasteiger charge is -1.91. The summed E-state index contributed by atoms with van der Waals surface area (Å²) in [5, 5.41) is 8.59. The van der Waals surface area contributed by atoms with E-state index in [2.05, 4.69) is 43.4 Å². The molecule has 1 nitrogen and oxygen atoms in total. The minimum Gasteiger partial charge on any atom is -0.396 e. The lowest BCUT2D eigenvalue weighted by Crippen LogP contribution is -1.77. The van der Waals surface area contributed by atoms with Crippen molar-refractivity contribution in [3.05, 3.63) is 36.5 Å². The van der Waals surface area contributed by atoms with Gasteiger partial charge in [-0.25, -0.2) is 0 Å². The molecule has 0 aliphatic rings. The van der Waals surface area contributed by atoms with Gasteiger partial charge in [0.2, 0.25) is 0 Å². The molecule has 0 fully saturated rings. The molecule has 98 valence electrons. The maximum Gasteiger partial charge on any atom is 0.0433 e. The standard InChI is InChI=1S/C16H28O/c1-2-3-4-5-6-7-8-9-10-11-12-13-14-15-16-17/h5-6,10-13,17H,2-4,7-9,14-16H2,1H3/b6-5-,11-10+,13-12+. The summed E-state index contributed by atoms with van der Waals surface area (Å²) in [7, 11) is 0. The Balaban J connectivity index is 3.24. The second kappa shape index (κ2) is 15.2. The van der Waals surface area contributed by atoms with Crippen LogP contribution in [0.3, 0.4) is 0 Å². The first-order chi connectivity index (χ1) is 8.41. The molecular formula is C16H28O. The Labute approximate surface area is 107 Å². The van der Waals surface area contributed by atoms with Gasteiger partial charge in [0, 0.05) is 6.61 Å². The number of aliphatic hydroxyl groups is 1. The Hall–Kier alpha value is -0.820. The molecule has 0 aliphatic heterocycles. The molecule has 0 aromatic rings. The average molecular weight is 236 g/mol. The monoisotopic (exact) mass is 236 g/mol. The van der Waals surface area contributed by atoms with Crippen molar-refractivity contribution in [2.24, 2.45) is 0 Å². The van der Waals surface area contributed by atoms with E-state index in [-0.39, 0.29) is 0 Å². The van der Waals surface area contributed by atoms with Gasteiger partial charge >= 0.3 is 0 Å². The van der Waals surface area contributed by atoms with Crippen molar-refractivity contribution >= 4 is 0 Å². The Morgan fingerprint density at radius 1 is 0.706 bits per heavy atom. The van der Waals surface area contributed by atoms with Gasteiger partial charge in [-0.1, -0.05) is 56.2 Å². The Kier molecular flexibility index (Phi) is 14.4. The first-order valence-electron chi connectivity index (χ1n) is 6.99. The topological polar surface area (TPSA) is 20.2 Å². The van der Waals surface area contributed by atoms with Gasteiger partial charge in [-0.3, -0.25) is 0 Å². The van der Waals surface area contributed by atoms with E-state index in [9.17, 15) is 0 Å². The molecule has 0 atom stereocenters. The summed E-state index contributed by atoms with van der Waals surface area (Å²) in [4.78, 5) is 0. The molecule has 0 aliphatic carbocycles. The molecule has 1 N–H and O–H groups in total. The van der Waals surface area contributed by atoms with Crippen molar-refractivity contribution in [3.63, 3.8) is 0 Å². The Morgan fingerprint density at radius 3 is 1.82 bits per heavy atom. The van der Waals surface area contributed by atoms with Crippen molar-refractivity contribution < 1.29 is 5.11 Å². The molecule has 0 spiro atoms. The van der Waals surface area contributed by atoms with Crippen LogP contribution in [-0.4, -0.2) is 11.7 Å². The van der Waals surface area contributed by atoms with E-state index in [0.29, 0.717) is 6.61 Å². The van der Waals surface area contributed by atoms with Crippen LogP contribution < -0.4 is 0 Å². The predicted molar refractivity (Wildman–Crippen MR) is 77.1 cm³/mol. The number of rotatable bonds is 11. The third-order valence-corrected chi connectivity index (χ3v) is 2.54. The van der Waals surface area contributed by atoms with Gasteiger partial charge in [0.1, 0.15) is 0 Å². The van der Waals surface area contributed by atoms with Crippen molar-refractivity contribution in [1.29, 1.82) is 0 Å². The number of hydrogen-bond donors (Lipinski definition) is 1. The van der Waals surface area contributed by atoms with E-state index in [1.165, 1.54) is 32.1 Å². The van der Waals surface area contributed by atoms with Gasteiger partial charge in [0.15, 0.2) is 0 Å². The maximum absolute atomic E-state index is 8.59. The van der Waals surface area contributed by atoms with Crippen molar-refractivity contribution in [1.82, 2.24) is 0 Å². The summed E-state index contributed by atoms with van der Waals surface area (Å²) in [6.45, 7) is 2.52. The van der Waals surface area contributed by atoms with E-state index < -0.39 is 0 Å². The highest BCUT2D eigenvalue weighted by atomic mass is 16.2. The Bertz CT molecular complexity index is 214. The highest BCUT2D eigenvalue weighted by molar-refractivity contribution is 5.02. The highest BCUT2D eigenvalue weighted by Gasteiger charge is 1.81. The SMILES string of the molecule is CCCC/C=C\CCC/C=C/C=C/CCCO. The second-order valence-electron chi connectivity index (χ2n) is 4.27. The van der Waals surface area contributed by atoms with Crippen LogP contribution in [0, 0.1) is 0 Å². The fraction of sp³-hybridized carbons (Fsp3) is 0.625. The Morgan fingerprint density at radius 2 is 1.24 bits per heavy atom. The van der Waals surface area contributed by atoms with Gasteiger partial charge in [-0.2, -0.15) is 0 Å². The van der Waals surface area contributed by atoms with Crippen molar-refractivity contribution in [3.8, 4) is 0 Å². The first kappa shape index (κ1) is 16.2. The molecule has 1 heteroatoms. The number of allylic oxidation sites excluding steroid dienone is 6. The minimum absolute atomic E-state index is 0.290. The van der Waals surface area contributed by atoms with Gasteiger partial charge in [-0.05, 0) is 38.5 Å². The molecule has 0 radical (unpaired) electrons. The molecule has 0 amide bonds. The third-order valence-electron chi connectivity index (χ3n) is 2.54. The highest BCUT2D eigenvalue weighted by Crippen LogP contribution is 2.01. The van der Waals surface area contributed by atoms with Crippen LogP contribution in [-0.2, 0) is 0 Å². The van der Waals surface area contributed by atoms with Crippen LogP contribution in [0.5, 0.6) is 0 Å². The molecule has 0 aromatic carbocycles. The number of aliphatic hydroxyl groups excluding tert-OH is 1. The van der Waals surface area contributed by atoms with Crippen LogP contribution in [0.1, 0.15) is 58.3 Å². The quantitative estimate of drug-likeness (QED) is 0.311. The molecule has 0 heterocycles. The van der Waals surface area contributed by atoms with Crippen LogP contribution in [0.15, 0.2) is 36.5 Å². The van der Waals surface area contributed by atoms with Gasteiger partial charge < -0.3 is 5.11 Å². The minimum atomic E-state index is 0.290. The van der Waals surface area contributed by atoms with E-state index in [4.69, 9.17) is 5.11 Å². The molecule has 0 saturated carbocycles. The summed E-state index contributed by atoms with van der Waals surface area (Å²) in [6, 6.07) is 0. The summed E-state index contributed by atoms with van der Waals surface area (Å²) in [5.74, 6) is 0. The zero-order valence-corrected chi connectivity index (χ0v) is 11.3. The lowest BCUT2D eigenvalue weighted by atomic mass is 10.2. The second-order valence-corrected chi connectivity index (χ2v) is 4.27. The zero-order chi connectivity index (χ0) is 12.6. The van der Waals surface area contributed by atoms with Crippen molar-refractivity contribution in [2.75, 3.05) is 6.61 Å². The van der Waals surface area contributed by atoms with Crippen LogP contribution >= 0.6 is 0 Å². The van der Waals surface area contributed by atoms with E-state index >= 15 is 0 Å². The fourth-order valence-electron chi connectivity index (χ4n) is 1.47. The summed E-state index contributed by atoms with van der Waals surface area (Å²) < 4.78 is 0.